The van der Waals surface area contributed by atoms with Crippen molar-refractivity contribution in [2.75, 3.05) is 18.0 Å². The van der Waals surface area contributed by atoms with Gasteiger partial charge in [0.05, 0.1) is 11.6 Å². The van der Waals surface area contributed by atoms with Gasteiger partial charge in [0.1, 0.15) is 12.4 Å². The highest BCUT2D eigenvalue weighted by Crippen LogP contribution is 2.25. The Morgan fingerprint density at radius 2 is 1.62 bits per heavy atom. The molecule has 4 heteroatoms. The van der Waals surface area contributed by atoms with E-state index in [4.69, 9.17) is 4.74 Å². The molecule has 166 valence electrons. The predicted molar refractivity (Wildman–Crippen MR) is 130 cm³/mol. The van der Waals surface area contributed by atoms with Gasteiger partial charge in [-0.1, -0.05) is 61.5 Å². The van der Waals surface area contributed by atoms with Crippen LogP contribution in [0.2, 0.25) is 0 Å². The van der Waals surface area contributed by atoms with Crippen molar-refractivity contribution in [2.45, 2.75) is 39.3 Å². The molecule has 1 amide bonds. The van der Waals surface area contributed by atoms with Crippen LogP contribution in [-0.2, 0) is 6.61 Å². The molecule has 3 aromatic rings. The van der Waals surface area contributed by atoms with Crippen LogP contribution in [0.3, 0.4) is 0 Å². The van der Waals surface area contributed by atoms with Crippen LogP contribution < -0.4 is 15.0 Å². The number of rotatable bonds is 7. The molecule has 4 rings (SSSR count). The molecular formula is C28H32N2O2. The Morgan fingerprint density at radius 1 is 0.969 bits per heavy atom. The molecule has 1 atom stereocenters. The van der Waals surface area contributed by atoms with Crippen molar-refractivity contribution in [3.8, 4) is 5.75 Å². The van der Waals surface area contributed by atoms with Crippen LogP contribution >= 0.6 is 0 Å². The van der Waals surface area contributed by atoms with Crippen LogP contribution in [0.5, 0.6) is 5.75 Å². The number of anilines is 1. The summed E-state index contributed by atoms with van der Waals surface area (Å²) in [6.07, 6.45) is 2.50. The van der Waals surface area contributed by atoms with E-state index < -0.39 is 0 Å². The van der Waals surface area contributed by atoms with Crippen LogP contribution in [0.4, 0.5) is 5.69 Å². The number of nitrogens with one attached hydrogen (secondary N) is 1. The fraction of sp³-hybridized carbons (Fsp3) is 0.321. The normalized spacial score (nSPS) is 15.2. The highest BCUT2D eigenvalue weighted by atomic mass is 16.5. The summed E-state index contributed by atoms with van der Waals surface area (Å²) in [6, 6.07) is 25.9. The Balaban J connectivity index is 1.38. The van der Waals surface area contributed by atoms with Crippen molar-refractivity contribution < 1.29 is 9.53 Å². The largest absolute Gasteiger partial charge is 0.488 e. The maximum absolute atomic E-state index is 13.0. The monoisotopic (exact) mass is 428 g/mol. The average molecular weight is 429 g/mol. The Labute approximate surface area is 191 Å². The van der Waals surface area contributed by atoms with E-state index in [1.165, 1.54) is 18.5 Å². The van der Waals surface area contributed by atoms with Gasteiger partial charge in [-0.15, -0.1) is 0 Å². The molecule has 0 aliphatic carbocycles. The van der Waals surface area contributed by atoms with Gasteiger partial charge in [0.2, 0.25) is 0 Å². The number of ether oxygens (including phenoxy) is 1. The molecule has 0 spiro atoms. The zero-order valence-electron chi connectivity index (χ0n) is 19.0. The minimum absolute atomic E-state index is 0.0971. The van der Waals surface area contributed by atoms with Crippen LogP contribution in [0, 0.1) is 5.92 Å². The summed E-state index contributed by atoms with van der Waals surface area (Å²) in [5.41, 5.74) is 3.97. The molecule has 0 radical (unpaired) electrons. The quantitative estimate of drug-likeness (QED) is 0.502. The number of carbonyl (C=O) groups excluding carboxylic acids is 1. The summed E-state index contributed by atoms with van der Waals surface area (Å²) >= 11 is 0. The summed E-state index contributed by atoms with van der Waals surface area (Å²) in [5.74, 6) is 1.28. The van der Waals surface area contributed by atoms with Crippen molar-refractivity contribution in [1.82, 2.24) is 5.32 Å². The molecule has 4 nitrogen and oxygen atoms in total. The summed E-state index contributed by atoms with van der Waals surface area (Å²) in [5, 5.41) is 3.12. The molecule has 1 fully saturated rings. The first-order valence-corrected chi connectivity index (χ1v) is 11.5. The number of nitrogens with zero attached hydrogens (tertiary/aromatic N) is 1. The van der Waals surface area contributed by atoms with Gasteiger partial charge in [-0.25, -0.2) is 0 Å². The minimum atomic E-state index is -0.129. The first-order chi connectivity index (χ1) is 15.6. The third-order valence-electron chi connectivity index (χ3n) is 6.26. The Kier molecular flexibility index (Phi) is 7.10. The van der Waals surface area contributed by atoms with Crippen molar-refractivity contribution in [3.63, 3.8) is 0 Å². The lowest BCUT2D eigenvalue weighted by Gasteiger charge is -2.32. The SMILES string of the molecule is CC1CCN(c2ccc(C(C)NC(=O)c3ccccc3OCc3ccccc3)cc2)CC1. The van der Waals surface area contributed by atoms with Gasteiger partial charge in [0.25, 0.3) is 5.91 Å². The van der Waals surface area contributed by atoms with Crippen molar-refractivity contribution >= 4 is 11.6 Å². The van der Waals surface area contributed by atoms with E-state index in [0.29, 0.717) is 17.9 Å². The van der Waals surface area contributed by atoms with Gasteiger partial charge in [0, 0.05) is 18.8 Å². The number of carbonyl (C=O) groups is 1. The fourth-order valence-corrected chi connectivity index (χ4v) is 4.11. The van der Waals surface area contributed by atoms with E-state index >= 15 is 0 Å². The number of benzene rings is 3. The van der Waals surface area contributed by atoms with Gasteiger partial charge in [-0.3, -0.25) is 4.79 Å². The fourth-order valence-electron chi connectivity index (χ4n) is 4.11. The van der Waals surface area contributed by atoms with Crippen LogP contribution in [-0.4, -0.2) is 19.0 Å². The lowest BCUT2D eigenvalue weighted by Crippen LogP contribution is -2.32. The second kappa shape index (κ2) is 10.4. The second-order valence-corrected chi connectivity index (χ2v) is 8.73. The number of hydrogen-bond donors (Lipinski definition) is 1. The molecular weight excluding hydrogens is 396 g/mol. The number of amides is 1. The number of hydrogen-bond acceptors (Lipinski definition) is 3. The lowest BCUT2D eigenvalue weighted by atomic mass is 9.98. The summed E-state index contributed by atoms with van der Waals surface area (Å²) in [7, 11) is 0. The molecule has 1 aliphatic heterocycles. The second-order valence-electron chi connectivity index (χ2n) is 8.73. The molecule has 0 saturated carbocycles. The molecule has 3 aromatic carbocycles. The predicted octanol–water partition coefficient (Wildman–Crippen LogP) is 5.99. The molecule has 1 saturated heterocycles. The number of piperidine rings is 1. The van der Waals surface area contributed by atoms with Crippen LogP contribution in [0.25, 0.3) is 0 Å². The molecule has 0 bridgehead atoms. The Hall–Kier alpha value is -3.27. The van der Waals surface area contributed by atoms with Gasteiger partial charge in [0.15, 0.2) is 0 Å². The summed E-state index contributed by atoms with van der Waals surface area (Å²) in [4.78, 5) is 15.5. The van der Waals surface area contributed by atoms with Gasteiger partial charge >= 0.3 is 0 Å². The number of para-hydroxylation sites is 1. The van der Waals surface area contributed by atoms with Crippen molar-refractivity contribution in [2.24, 2.45) is 5.92 Å². The molecule has 1 heterocycles. The van der Waals surface area contributed by atoms with E-state index in [-0.39, 0.29) is 11.9 Å². The molecule has 1 N–H and O–H groups in total. The Bertz CT molecular complexity index is 1010. The van der Waals surface area contributed by atoms with E-state index in [9.17, 15) is 4.79 Å². The highest BCUT2D eigenvalue weighted by Gasteiger charge is 2.18. The van der Waals surface area contributed by atoms with E-state index in [1.54, 1.807) is 0 Å². The average Bonchev–Trinajstić information content (AvgIpc) is 2.84. The van der Waals surface area contributed by atoms with E-state index in [2.05, 4.69) is 41.4 Å². The van der Waals surface area contributed by atoms with Gasteiger partial charge in [-0.2, -0.15) is 0 Å². The minimum Gasteiger partial charge on any atom is -0.488 e. The topological polar surface area (TPSA) is 41.6 Å². The standard InChI is InChI=1S/C28H32N2O2/c1-21-16-18-30(19-17-21)25-14-12-24(13-15-25)22(2)29-28(31)26-10-6-7-11-27(26)32-20-23-8-4-3-5-9-23/h3-15,21-22H,16-20H2,1-2H3,(H,29,31). The third kappa shape index (κ3) is 5.50. The highest BCUT2D eigenvalue weighted by molar-refractivity contribution is 5.97. The summed E-state index contributed by atoms with van der Waals surface area (Å²) in [6.45, 7) is 7.01. The van der Waals surface area contributed by atoms with Gasteiger partial charge in [-0.05, 0) is 61.1 Å². The summed E-state index contributed by atoms with van der Waals surface area (Å²) < 4.78 is 5.96. The third-order valence-corrected chi connectivity index (χ3v) is 6.26. The van der Waals surface area contributed by atoms with Crippen LogP contribution in [0.15, 0.2) is 78.9 Å². The Morgan fingerprint density at radius 3 is 2.34 bits per heavy atom. The first kappa shape index (κ1) is 21.9. The molecule has 1 unspecified atom stereocenters. The zero-order valence-corrected chi connectivity index (χ0v) is 19.0. The van der Waals surface area contributed by atoms with Gasteiger partial charge < -0.3 is 15.0 Å². The molecule has 1 aliphatic rings. The van der Waals surface area contributed by atoms with E-state index in [0.717, 1.165) is 30.1 Å². The van der Waals surface area contributed by atoms with Crippen molar-refractivity contribution in [1.29, 1.82) is 0 Å². The zero-order chi connectivity index (χ0) is 22.3. The first-order valence-electron chi connectivity index (χ1n) is 11.5. The smallest absolute Gasteiger partial charge is 0.255 e. The maximum Gasteiger partial charge on any atom is 0.255 e. The maximum atomic E-state index is 13.0. The molecule has 0 aromatic heterocycles. The van der Waals surface area contributed by atoms with E-state index in [1.807, 2.05) is 61.5 Å². The van der Waals surface area contributed by atoms with Crippen LogP contribution in [0.1, 0.15) is 54.2 Å². The van der Waals surface area contributed by atoms with Crippen molar-refractivity contribution in [3.05, 3.63) is 95.6 Å². The lowest BCUT2D eigenvalue weighted by molar-refractivity contribution is 0.0935. The molecule has 32 heavy (non-hydrogen) atoms.